The molecule has 0 unspecified atom stereocenters. The van der Waals surface area contributed by atoms with E-state index in [9.17, 15) is 0 Å². The van der Waals surface area contributed by atoms with E-state index in [-0.39, 0.29) is 0 Å². The lowest BCUT2D eigenvalue weighted by Crippen LogP contribution is -2.02. The summed E-state index contributed by atoms with van der Waals surface area (Å²) < 4.78 is 10.6. The van der Waals surface area contributed by atoms with Crippen molar-refractivity contribution in [1.29, 1.82) is 0 Å². The standard InChI is InChI=1S/C14H16N2O2/c1-17-13-6-7-14(16-10-13)18-12-4-2-11(3-5-12)8-9-15/h2-7,10H,8-9,15H2,1H3. The summed E-state index contributed by atoms with van der Waals surface area (Å²) in [5.74, 6) is 2.01. The summed E-state index contributed by atoms with van der Waals surface area (Å²) in [6.45, 7) is 0.653. The van der Waals surface area contributed by atoms with Crippen LogP contribution in [0.25, 0.3) is 0 Å². The molecule has 0 atom stereocenters. The highest BCUT2D eigenvalue weighted by Gasteiger charge is 1.99. The fourth-order valence-electron chi connectivity index (χ4n) is 1.56. The number of rotatable bonds is 5. The third-order valence-electron chi connectivity index (χ3n) is 2.52. The van der Waals surface area contributed by atoms with Crippen LogP contribution in [0.5, 0.6) is 17.4 Å². The van der Waals surface area contributed by atoms with Gasteiger partial charge in [0.2, 0.25) is 5.88 Å². The van der Waals surface area contributed by atoms with Crippen molar-refractivity contribution in [2.45, 2.75) is 6.42 Å². The monoisotopic (exact) mass is 244 g/mol. The molecule has 1 heterocycles. The fourth-order valence-corrected chi connectivity index (χ4v) is 1.56. The van der Waals surface area contributed by atoms with Crippen molar-refractivity contribution < 1.29 is 9.47 Å². The number of hydrogen-bond acceptors (Lipinski definition) is 4. The van der Waals surface area contributed by atoms with Crippen LogP contribution in [0, 0.1) is 0 Å². The average Bonchev–Trinajstić information content (AvgIpc) is 2.42. The van der Waals surface area contributed by atoms with Crippen LogP contribution in [-0.2, 0) is 6.42 Å². The van der Waals surface area contributed by atoms with Crippen molar-refractivity contribution in [2.75, 3.05) is 13.7 Å². The van der Waals surface area contributed by atoms with E-state index in [0.29, 0.717) is 18.2 Å². The lowest BCUT2D eigenvalue weighted by atomic mass is 10.1. The minimum Gasteiger partial charge on any atom is -0.495 e. The second-order valence-corrected chi connectivity index (χ2v) is 3.82. The first-order valence-electron chi connectivity index (χ1n) is 5.78. The van der Waals surface area contributed by atoms with Crippen molar-refractivity contribution in [1.82, 2.24) is 4.98 Å². The van der Waals surface area contributed by atoms with Crippen molar-refractivity contribution in [3.05, 3.63) is 48.2 Å². The molecule has 2 aromatic rings. The summed E-state index contributed by atoms with van der Waals surface area (Å²) in [6, 6.07) is 11.4. The Hall–Kier alpha value is -2.07. The predicted molar refractivity (Wildman–Crippen MR) is 70.1 cm³/mol. The van der Waals surface area contributed by atoms with Gasteiger partial charge in [-0.25, -0.2) is 4.98 Å². The Morgan fingerprint density at radius 3 is 2.33 bits per heavy atom. The molecule has 2 N–H and O–H groups in total. The normalized spacial score (nSPS) is 10.1. The lowest BCUT2D eigenvalue weighted by molar-refractivity contribution is 0.408. The van der Waals surface area contributed by atoms with Gasteiger partial charge in [0, 0.05) is 6.07 Å². The second kappa shape index (κ2) is 6.02. The van der Waals surface area contributed by atoms with Crippen LogP contribution in [0.1, 0.15) is 5.56 Å². The van der Waals surface area contributed by atoms with Gasteiger partial charge in [-0.05, 0) is 36.7 Å². The first-order chi connectivity index (χ1) is 8.81. The van der Waals surface area contributed by atoms with E-state index in [1.807, 2.05) is 30.3 Å². The van der Waals surface area contributed by atoms with Crippen molar-refractivity contribution in [2.24, 2.45) is 5.73 Å². The SMILES string of the molecule is COc1ccc(Oc2ccc(CCN)cc2)nc1. The number of benzene rings is 1. The number of ether oxygens (including phenoxy) is 2. The fraction of sp³-hybridized carbons (Fsp3) is 0.214. The van der Waals surface area contributed by atoms with Crippen LogP contribution in [-0.4, -0.2) is 18.6 Å². The molecule has 0 radical (unpaired) electrons. The first-order valence-corrected chi connectivity index (χ1v) is 5.78. The number of nitrogens with two attached hydrogens (primary N) is 1. The minimum atomic E-state index is 0.544. The van der Waals surface area contributed by atoms with Crippen LogP contribution in [0.3, 0.4) is 0 Å². The minimum absolute atomic E-state index is 0.544. The Morgan fingerprint density at radius 1 is 1.06 bits per heavy atom. The summed E-state index contributed by atoms with van der Waals surface area (Å²) >= 11 is 0. The Labute approximate surface area is 106 Å². The summed E-state index contributed by atoms with van der Waals surface area (Å²) in [4.78, 5) is 4.14. The molecule has 0 spiro atoms. The van der Waals surface area contributed by atoms with Crippen LogP contribution in [0.15, 0.2) is 42.6 Å². The van der Waals surface area contributed by atoms with Gasteiger partial charge < -0.3 is 15.2 Å². The molecule has 0 saturated carbocycles. The molecule has 0 amide bonds. The van der Waals surface area contributed by atoms with E-state index < -0.39 is 0 Å². The zero-order valence-electron chi connectivity index (χ0n) is 10.3. The number of hydrogen-bond donors (Lipinski definition) is 1. The molecule has 94 valence electrons. The van der Waals surface area contributed by atoms with E-state index in [2.05, 4.69) is 4.98 Å². The van der Waals surface area contributed by atoms with E-state index >= 15 is 0 Å². The van der Waals surface area contributed by atoms with Gasteiger partial charge in [-0.2, -0.15) is 0 Å². The molecule has 4 heteroatoms. The average molecular weight is 244 g/mol. The van der Waals surface area contributed by atoms with Gasteiger partial charge in [-0.3, -0.25) is 0 Å². The Balaban J connectivity index is 2.03. The molecule has 2 rings (SSSR count). The highest BCUT2D eigenvalue weighted by molar-refractivity contribution is 5.31. The largest absolute Gasteiger partial charge is 0.495 e. The summed E-state index contributed by atoms with van der Waals surface area (Å²) in [6.07, 6.45) is 2.50. The Bertz CT molecular complexity index is 480. The molecule has 4 nitrogen and oxygen atoms in total. The molecule has 0 saturated heterocycles. The third-order valence-corrected chi connectivity index (χ3v) is 2.52. The van der Waals surface area contributed by atoms with Gasteiger partial charge in [-0.1, -0.05) is 12.1 Å². The van der Waals surface area contributed by atoms with Crippen molar-refractivity contribution in [3.8, 4) is 17.4 Å². The summed E-state index contributed by atoms with van der Waals surface area (Å²) in [5.41, 5.74) is 6.70. The van der Waals surface area contributed by atoms with Gasteiger partial charge in [-0.15, -0.1) is 0 Å². The molecular weight excluding hydrogens is 228 g/mol. The Kier molecular flexibility index (Phi) is 4.15. The summed E-state index contributed by atoms with van der Waals surface area (Å²) in [5, 5.41) is 0. The molecule has 0 aliphatic rings. The number of aromatic nitrogens is 1. The zero-order valence-corrected chi connectivity index (χ0v) is 10.3. The topological polar surface area (TPSA) is 57.4 Å². The second-order valence-electron chi connectivity index (χ2n) is 3.82. The van der Waals surface area contributed by atoms with Gasteiger partial charge in [0.1, 0.15) is 11.5 Å². The van der Waals surface area contributed by atoms with Gasteiger partial charge >= 0.3 is 0 Å². The zero-order chi connectivity index (χ0) is 12.8. The molecule has 18 heavy (non-hydrogen) atoms. The molecule has 0 bridgehead atoms. The van der Waals surface area contributed by atoms with E-state index in [1.165, 1.54) is 5.56 Å². The third kappa shape index (κ3) is 3.21. The number of nitrogens with zero attached hydrogens (tertiary/aromatic N) is 1. The molecule has 0 aliphatic heterocycles. The van der Waals surface area contributed by atoms with Crippen molar-refractivity contribution in [3.63, 3.8) is 0 Å². The molecule has 1 aromatic carbocycles. The van der Waals surface area contributed by atoms with E-state index in [4.69, 9.17) is 15.2 Å². The molecule has 0 fully saturated rings. The molecule has 0 aliphatic carbocycles. The van der Waals surface area contributed by atoms with Gasteiger partial charge in [0.15, 0.2) is 0 Å². The van der Waals surface area contributed by atoms with Crippen LogP contribution in [0.4, 0.5) is 0 Å². The van der Waals surface area contributed by atoms with Gasteiger partial charge in [0.25, 0.3) is 0 Å². The molecular formula is C14H16N2O2. The highest BCUT2D eigenvalue weighted by atomic mass is 16.5. The van der Waals surface area contributed by atoms with Crippen LogP contribution in [0.2, 0.25) is 0 Å². The number of methoxy groups -OCH3 is 1. The van der Waals surface area contributed by atoms with Gasteiger partial charge in [0.05, 0.1) is 13.3 Å². The highest BCUT2D eigenvalue weighted by Crippen LogP contribution is 2.21. The van der Waals surface area contributed by atoms with Crippen LogP contribution < -0.4 is 15.2 Å². The van der Waals surface area contributed by atoms with Crippen LogP contribution >= 0.6 is 0 Å². The lowest BCUT2D eigenvalue weighted by Gasteiger charge is -2.06. The quantitative estimate of drug-likeness (QED) is 0.877. The molecule has 1 aromatic heterocycles. The maximum atomic E-state index is 5.61. The first kappa shape index (κ1) is 12.4. The maximum absolute atomic E-state index is 5.61. The van der Waals surface area contributed by atoms with E-state index in [1.54, 1.807) is 19.4 Å². The Morgan fingerprint density at radius 2 is 1.78 bits per heavy atom. The maximum Gasteiger partial charge on any atom is 0.219 e. The summed E-state index contributed by atoms with van der Waals surface area (Å²) in [7, 11) is 1.60. The van der Waals surface area contributed by atoms with E-state index in [0.717, 1.165) is 12.2 Å². The predicted octanol–water partition coefficient (Wildman–Crippen LogP) is 2.38. The smallest absolute Gasteiger partial charge is 0.219 e. The van der Waals surface area contributed by atoms with Crippen molar-refractivity contribution >= 4 is 0 Å². The number of pyridine rings is 1.